The van der Waals surface area contributed by atoms with Crippen LogP contribution in [0.5, 0.6) is 0 Å². The van der Waals surface area contributed by atoms with Crippen LogP contribution in [0.4, 0.5) is 0 Å². The van der Waals surface area contributed by atoms with Crippen molar-refractivity contribution < 1.29 is 9.90 Å². The SMILES string of the molecule is CC(C)Cn1nc(C(=O)O)c2c1CC[C@@H](NCc1cccnc1)C2. The fourth-order valence-corrected chi connectivity index (χ4v) is 3.30. The highest BCUT2D eigenvalue weighted by atomic mass is 16.4. The van der Waals surface area contributed by atoms with Gasteiger partial charge in [0.1, 0.15) is 0 Å². The highest BCUT2D eigenvalue weighted by Crippen LogP contribution is 2.26. The first-order valence-corrected chi connectivity index (χ1v) is 8.48. The summed E-state index contributed by atoms with van der Waals surface area (Å²) >= 11 is 0. The minimum absolute atomic E-state index is 0.221. The molecule has 0 radical (unpaired) electrons. The Morgan fingerprint density at radius 3 is 3.00 bits per heavy atom. The molecule has 2 aromatic heterocycles. The van der Waals surface area contributed by atoms with Crippen LogP contribution in [0.3, 0.4) is 0 Å². The Morgan fingerprint density at radius 1 is 1.50 bits per heavy atom. The van der Waals surface area contributed by atoms with E-state index in [1.54, 1.807) is 6.20 Å². The second kappa shape index (κ2) is 7.13. The molecule has 6 heteroatoms. The third-order valence-corrected chi connectivity index (χ3v) is 4.40. The number of carboxylic acid groups (broad SMARTS) is 1. The lowest BCUT2D eigenvalue weighted by molar-refractivity contribution is 0.0688. The first-order chi connectivity index (χ1) is 11.5. The molecule has 0 unspecified atom stereocenters. The van der Waals surface area contributed by atoms with Crippen LogP contribution in [0.1, 0.15) is 47.6 Å². The molecule has 1 atom stereocenters. The summed E-state index contributed by atoms with van der Waals surface area (Å²) in [5, 5.41) is 17.4. The van der Waals surface area contributed by atoms with E-state index >= 15 is 0 Å². The number of hydrogen-bond acceptors (Lipinski definition) is 4. The monoisotopic (exact) mass is 328 g/mol. The average Bonchev–Trinajstić information content (AvgIpc) is 2.91. The maximum Gasteiger partial charge on any atom is 0.356 e. The molecule has 2 aromatic rings. The topological polar surface area (TPSA) is 80.0 Å². The number of aromatic nitrogens is 3. The minimum atomic E-state index is -0.929. The third-order valence-electron chi connectivity index (χ3n) is 4.40. The second-order valence-electron chi connectivity index (χ2n) is 6.84. The molecule has 1 aliphatic rings. The van der Waals surface area contributed by atoms with E-state index in [4.69, 9.17) is 0 Å². The molecule has 2 N–H and O–H groups in total. The van der Waals surface area contributed by atoms with Crippen LogP contribution in [0.15, 0.2) is 24.5 Å². The average molecular weight is 328 g/mol. The van der Waals surface area contributed by atoms with E-state index in [1.165, 1.54) is 0 Å². The smallest absolute Gasteiger partial charge is 0.356 e. The highest BCUT2D eigenvalue weighted by molar-refractivity contribution is 5.87. The summed E-state index contributed by atoms with van der Waals surface area (Å²) in [4.78, 5) is 15.7. The number of rotatable bonds is 6. The van der Waals surface area contributed by atoms with Crippen molar-refractivity contribution in [3.05, 3.63) is 47.0 Å². The third kappa shape index (κ3) is 3.64. The molecule has 2 heterocycles. The van der Waals surface area contributed by atoms with E-state index in [0.717, 1.165) is 49.2 Å². The Labute approximate surface area is 141 Å². The van der Waals surface area contributed by atoms with Crippen molar-refractivity contribution >= 4 is 5.97 Å². The van der Waals surface area contributed by atoms with Crippen molar-refractivity contribution in [1.29, 1.82) is 0 Å². The molecule has 3 rings (SSSR count). The van der Waals surface area contributed by atoms with Gasteiger partial charge in [0.25, 0.3) is 0 Å². The fourth-order valence-electron chi connectivity index (χ4n) is 3.30. The van der Waals surface area contributed by atoms with Crippen LogP contribution in [-0.2, 0) is 25.9 Å². The van der Waals surface area contributed by atoms with Crippen molar-refractivity contribution in [3.8, 4) is 0 Å². The van der Waals surface area contributed by atoms with Gasteiger partial charge in [0.05, 0.1) is 0 Å². The molecule has 0 fully saturated rings. The zero-order valence-electron chi connectivity index (χ0n) is 14.2. The quantitative estimate of drug-likeness (QED) is 0.850. The van der Waals surface area contributed by atoms with Crippen LogP contribution in [0.2, 0.25) is 0 Å². The Morgan fingerprint density at radius 2 is 2.33 bits per heavy atom. The van der Waals surface area contributed by atoms with Crippen LogP contribution in [0, 0.1) is 5.92 Å². The van der Waals surface area contributed by atoms with Gasteiger partial charge in [-0.3, -0.25) is 9.67 Å². The summed E-state index contributed by atoms with van der Waals surface area (Å²) in [6.07, 6.45) is 6.20. The van der Waals surface area contributed by atoms with Crippen LogP contribution < -0.4 is 5.32 Å². The summed E-state index contributed by atoms with van der Waals surface area (Å²) in [6.45, 7) is 5.75. The van der Waals surface area contributed by atoms with Gasteiger partial charge in [0, 0.05) is 42.8 Å². The Balaban J connectivity index is 1.74. The Hall–Kier alpha value is -2.21. The van der Waals surface area contributed by atoms with Crippen molar-refractivity contribution in [3.63, 3.8) is 0 Å². The summed E-state index contributed by atoms with van der Waals surface area (Å²) in [5.41, 5.74) is 3.36. The molecule has 0 aromatic carbocycles. The zero-order chi connectivity index (χ0) is 17.1. The molecular weight excluding hydrogens is 304 g/mol. The number of nitrogens with zero attached hydrogens (tertiary/aromatic N) is 3. The highest BCUT2D eigenvalue weighted by Gasteiger charge is 2.29. The molecule has 1 aliphatic carbocycles. The largest absolute Gasteiger partial charge is 0.476 e. The summed E-state index contributed by atoms with van der Waals surface area (Å²) < 4.78 is 1.90. The summed E-state index contributed by atoms with van der Waals surface area (Å²) in [7, 11) is 0. The van der Waals surface area contributed by atoms with Crippen molar-refractivity contribution in [2.45, 2.75) is 52.2 Å². The van der Waals surface area contributed by atoms with Gasteiger partial charge >= 0.3 is 5.97 Å². The number of hydrogen-bond donors (Lipinski definition) is 2. The molecule has 6 nitrogen and oxygen atoms in total. The zero-order valence-corrected chi connectivity index (χ0v) is 14.2. The van der Waals surface area contributed by atoms with Gasteiger partial charge in [0.2, 0.25) is 0 Å². The minimum Gasteiger partial charge on any atom is -0.476 e. The van der Waals surface area contributed by atoms with Crippen molar-refractivity contribution in [1.82, 2.24) is 20.1 Å². The first-order valence-electron chi connectivity index (χ1n) is 8.48. The van der Waals surface area contributed by atoms with Crippen LogP contribution in [-0.4, -0.2) is 31.9 Å². The van der Waals surface area contributed by atoms with E-state index in [1.807, 2.05) is 23.0 Å². The predicted octanol–water partition coefficient (Wildman–Crippen LogP) is 2.28. The predicted molar refractivity (Wildman–Crippen MR) is 90.9 cm³/mol. The number of carbonyl (C=O) groups is 1. The van der Waals surface area contributed by atoms with Crippen molar-refractivity contribution in [2.24, 2.45) is 5.92 Å². The number of fused-ring (bicyclic) bond motifs is 1. The lowest BCUT2D eigenvalue weighted by atomic mass is 9.91. The van der Waals surface area contributed by atoms with E-state index in [-0.39, 0.29) is 11.7 Å². The molecule has 0 saturated heterocycles. The van der Waals surface area contributed by atoms with Crippen molar-refractivity contribution in [2.75, 3.05) is 0 Å². The Kier molecular flexibility index (Phi) is 4.94. The summed E-state index contributed by atoms with van der Waals surface area (Å²) in [5.74, 6) is -0.487. The van der Waals surface area contributed by atoms with Crippen LogP contribution >= 0.6 is 0 Å². The number of aromatic carboxylic acids is 1. The molecule has 0 amide bonds. The number of nitrogens with one attached hydrogen (secondary N) is 1. The maximum absolute atomic E-state index is 11.6. The lowest BCUT2D eigenvalue weighted by Crippen LogP contribution is -2.35. The van der Waals surface area contributed by atoms with E-state index in [2.05, 4.69) is 29.2 Å². The van der Waals surface area contributed by atoms with Gasteiger partial charge in [-0.25, -0.2) is 4.79 Å². The van der Waals surface area contributed by atoms with Gasteiger partial charge in [0.15, 0.2) is 5.69 Å². The standard InChI is InChI=1S/C18H24N4O2/c1-12(2)11-22-16-6-5-14(8-15(16)17(21-22)18(23)24)20-10-13-4-3-7-19-9-13/h3-4,7,9,12,14,20H,5-6,8,10-11H2,1-2H3,(H,23,24)/t14-/m1/s1. The fraction of sp³-hybridized carbons (Fsp3) is 0.500. The molecule has 24 heavy (non-hydrogen) atoms. The molecule has 0 bridgehead atoms. The van der Waals surface area contributed by atoms with Gasteiger partial charge in [-0.05, 0) is 36.8 Å². The molecule has 0 spiro atoms. The van der Waals surface area contributed by atoms with Gasteiger partial charge < -0.3 is 10.4 Å². The number of pyridine rings is 1. The molecule has 128 valence electrons. The second-order valence-corrected chi connectivity index (χ2v) is 6.84. The maximum atomic E-state index is 11.6. The normalized spacial score (nSPS) is 17.0. The van der Waals surface area contributed by atoms with Gasteiger partial charge in [-0.2, -0.15) is 5.10 Å². The number of carboxylic acids is 1. The first kappa shape index (κ1) is 16.6. The van der Waals surface area contributed by atoms with Gasteiger partial charge in [-0.1, -0.05) is 19.9 Å². The Bertz CT molecular complexity index is 709. The molecule has 0 aliphatic heterocycles. The van der Waals surface area contributed by atoms with E-state index in [9.17, 15) is 9.90 Å². The van der Waals surface area contributed by atoms with E-state index < -0.39 is 5.97 Å². The lowest BCUT2D eigenvalue weighted by Gasteiger charge is -2.24. The molecule has 0 saturated carbocycles. The van der Waals surface area contributed by atoms with Crippen LogP contribution in [0.25, 0.3) is 0 Å². The molecular formula is C18H24N4O2. The van der Waals surface area contributed by atoms with Gasteiger partial charge in [-0.15, -0.1) is 0 Å². The summed E-state index contributed by atoms with van der Waals surface area (Å²) in [6, 6.07) is 4.24. The van der Waals surface area contributed by atoms with E-state index in [0.29, 0.717) is 5.92 Å².